The van der Waals surface area contributed by atoms with Crippen LogP contribution in [0.5, 0.6) is 0 Å². The smallest absolute Gasteiger partial charge is 0.195 e. The maximum atomic E-state index is 5.03. The Kier molecular flexibility index (Phi) is 3.62. The third kappa shape index (κ3) is 2.87. The van der Waals surface area contributed by atoms with Crippen molar-refractivity contribution in [2.24, 2.45) is 4.99 Å². The van der Waals surface area contributed by atoms with Crippen LogP contribution in [0.1, 0.15) is 6.42 Å². The Balaban J connectivity index is 2.12. The lowest BCUT2D eigenvalue weighted by atomic mass is 10.4. The van der Waals surface area contributed by atoms with Gasteiger partial charge in [0.1, 0.15) is 0 Å². The molecule has 0 aromatic heterocycles. The summed E-state index contributed by atoms with van der Waals surface area (Å²) in [6.07, 6.45) is 3.02. The minimum atomic E-state index is 0.744. The third-order valence-corrected chi connectivity index (χ3v) is 2.17. The molecule has 0 atom stereocenters. The van der Waals surface area contributed by atoms with E-state index in [-0.39, 0.29) is 0 Å². The van der Waals surface area contributed by atoms with Crippen molar-refractivity contribution in [2.45, 2.75) is 6.42 Å². The zero-order valence-electron chi connectivity index (χ0n) is 7.66. The molecule has 0 aromatic rings. The molecule has 0 saturated heterocycles. The van der Waals surface area contributed by atoms with Crippen LogP contribution in [-0.2, 0) is 0 Å². The molecule has 0 aromatic carbocycles. The van der Waals surface area contributed by atoms with E-state index in [0.29, 0.717) is 0 Å². The van der Waals surface area contributed by atoms with Gasteiger partial charge in [-0.05, 0) is 39.3 Å². The van der Waals surface area contributed by atoms with Gasteiger partial charge < -0.3 is 9.80 Å². The van der Waals surface area contributed by atoms with E-state index in [0.717, 1.165) is 31.2 Å². The third-order valence-electron chi connectivity index (χ3n) is 1.81. The molecule has 1 heterocycles. The Morgan fingerprint density at radius 1 is 1.67 bits per heavy atom. The van der Waals surface area contributed by atoms with E-state index in [9.17, 15) is 0 Å². The average Bonchev–Trinajstić information content (AvgIpc) is 2.36. The first-order valence-electron chi connectivity index (χ1n) is 4.16. The number of nitrogens with zero attached hydrogens (tertiary/aromatic N) is 3. The van der Waals surface area contributed by atoms with Crippen LogP contribution in [0.25, 0.3) is 0 Å². The van der Waals surface area contributed by atoms with E-state index < -0.39 is 0 Å². The summed E-state index contributed by atoms with van der Waals surface area (Å²) in [6.45, 7) is 3.03. The predicted octanol–water partition coefficient (Wildman–Crippen LogP) is 0.609. The standard InChI is InChI=1S/C8H15N3S/c1-10(2)5-3-6-11-7-4-9-8(11)12/h4H,3,5-7H2,1-2H3. The molecule has 1 aliphatic rings. The second-order valence-corrected chi connectivity index (χ2v) is 3.56. The van der Waals surface area contributed by atoms with Crippen molar-refractivity contribution in [3.63, 3.8) is 0 Å². The van der Waals surface area contributed by atoms with Gasteiger partial charge in [0.25, 0.3) is 0 Å². The van der Waals surface area contributed by atoms with Crippen molar-refractivity contribution in [1.82, 2.24) is 9.80 Å². The molecule has 0 amide bonds. The molecule has 1 rings (SSSR count). The van der Waals surface area contributed by atoms with Crippen LogP contribution in [-0.4, -0.2) is 54.9 Å². The molecule has 0 unspecified atom stereocenters. The quantitative estimate of drug-likeness (QED) is 0.598. The summed E-state index contributed by atoms with van der Waals surface area (Å²) in [5.41, 5.74) is 0. The lowest BCUT2D eigenvalue weighted by Crippen LogP contribution is -2.28. The Morgan fingerprint density at radius 2 is 2.42 bits per heavy atom. The summed E-state index contributed by atoms with van der Waals surface area (Å²) in [5.74, 6) is 0. The summed E-state index contributed by atoms with van der Waals surface area (Å²) < 4.78 is 0. The van der Waals surface area contributed by atoms with E-state index in [1.54, 1.807) is 0 Å². The first-order valence-corrected chi connectivity index (χ1v) is 4.57. The van der Waals surface area contributed by atoms with Crippen molar-refractivity contribution in [3.8, 4) is 0 Å². The average molecular weight is 185 g/mol. The van der Waals surface area contributed by atoms with Crippen molar-refractivity contribution >= 4 is 23.5 Å². The van der Waals surface area contributed by atoms with Gasteiger partial charge in [0.15, 0.2) is 5.11 Å². The molecule has 0 N–H and O–H groups in total. The Labute approximate surface area is 79.1 Å². The molecule has 0 radical (unpaired) electrons. The molecule has 4 heteroatoms. The zero-order valence-corrected chi connectivity index (χ0v) is 8.47. The van der Waals surface area contributed by atoms with E-state index in [2.05, 4.69) is 28.9 Å². The number of thiocarbonyl (C=S) groups is 1. The minimum absolute atomic E-state index is 0.744. The fraction of sp³-hybridized carbons (Fsp3) is 0.750. The molecule has 1 aliphatic heterocycles. The Morgan fingerprint density at radius 3 is 2.92 bits per heavy atom. The van der Waals surface area contributed by atoms with Crippen molar-refractivity contribution < 1.29 is 0 Å². The fourth-order valence-corrected chi connectivity index (χ4v) is 1.38. The van der Waals surface area contributed by atoms with Gasteiger partial charge in [-0.3, -0.25) is 0 Å². The largest absolute Gasteiger partial charge is 0.342 e. The van der Waals surface area contributed by atoms with Gasteiger partial charge in [0.2, 0.25) is 0 Å². The van der Waals surface area contributed by atoms with Crippen molar-refractivity contribution in [3.05, 3.63) is 0 Å². The maximum absolute atomic E-state index is 5.03. The molecular weight excluding hydrogens is 170 g/mol. The topological polar surface area (TPSA) is 18.8 Å². The van der Waals surface area contributed by atoms with Crippen molar-refractivity contribution in [1.29, 1.82) is 0 Å². The zero-order chi connectivity index (χ0) is 8.97. The number of aliphatic imine (C=N–C) groups is 1. The number of rotatable bonds is 4. The summed E-state index contributed by atoms with van der Waals surface area (Å²) >= 11 is 5.03. The highest BCUT2D eigenvalue weighted by Gasteiger charge is 2.10. The minimum Gasteiger partial charge on any atom is -0.342 e. The highest BCUT2D eigenvalue weighted by atomic mass is 32.1. The summed E-state index contributed by atoms with van der Waals surface area (Å²) in [5, 5.41) is 0.744. The second kappa shape index (κ2) is 4.52. The first kappa shape index (κ1) is 9.61. The molecule has 0 bridgehead atoms. The molecule has 68 valence electrons. The van der Waals surface area contributed by atoms with Crippen LogP contribution in [0.4, 0.5) is 0 Å². The van der Waals surface area contributed by atoms with Gasteiger partial charge in [-0.2, -0.15) is 0 Å². The van der Waals surface area contributed by atoms with E-state index >= 15 is 0 Å². The van der Waals surface area contributed by atoms with E-state index in [1.807, 2.05) is 6.21 Å². The van der Waals surface area contributed by atoms with Crippen LogP contribution in [0, 0.1) is 0 Å². The highest BCUT2D eigenvalue weighted by Crippen LogP contribution is 2.00. The van der Waals surface area contributed by atoms with Crippen LogP contribution >= 0.6 is 12.2 Å². The number of hydrogen-bond acceptors (Lipinski definition) is 2. The van der Waals surface area contributed by atoms with Gasteiger partial charge in [0.05, 0.1) is 6.54 Å². The highest BCUT2D eigenvalue weighted by molar-refractivity contribution is 7.80. The van der Waals surface area contributed by atoms with Gasteiger partial charge >= 0.3 is 0 Å². The van der Waals surface area contributed by atoms with Crippen molar-refractivity contribution in [2.75, 3.05) is 33.7 Å². The van der Waals surface area contributed by atoms with Gasteiger partial charge in [-0.25, -0.2) is 4.99 Å². The molecule has 12 heavy (non-hydrogen) atoms. The van der Waals surface area contributed by atoms with Crippen LogP contribution < -0.4 is 0 Å². The van der Waals surface area contributed by atoms with Crippen LogP contribution in [0.3, 0.4) is 0 Å². The van der Waals surface area contributed by atoms with Gasteiger partial charge in [-0.1, -0.05) is 0 Å². The first-order chi connectivity index (χ1) is 5.70. The summed E-state index contributed by atoms with van der Waals surface area (Å²) in [7, 11) is 4.16. The number of hydrogen-bond donors (Lipinski definition) is 0. The summed E-state index contributed by atoms with van der Waals surface area (Å²) in [4.78, 5) is 8.34. The predicted molar refractivity (Wildman–Crippen MR) is 55.8 cm³/mol. The molecule has 0 aliphatic carbocycles. The lowest BCUT2D eigenvalue weighted by molar-refractivity contribution is 0.367. The molecular formula is C8H15N3S. The van der Waals surface area contributed by atoms with Gasteiger partial charge in [-0.15, -0.1) is 0 Å². The monoisotopic (exact) mass is 185 g/mol. The summed E-state index contributed by atoms with van der Waals surface area (Å²) in [6, 6.07) is 0. The lowest BCUT2D eigenvalue weighted by Gasteiger charge is -2.17. The molecule has 0 spiro atoms. The van der Waals surface area contributed by atoms with E-state index in [1.165, 1.54) is 0 Å². The molecule has 0 saturated carbocycles. The van der Waals surface area contributed by atoms with Crippen LogP contribution in [0.2, 0.25) is 0 Å². The SMILES string of the molecule is CN(C)CCCN1CC=NC1=S. The molecule has 0 fully saturated rings. The Hall–Kier alpha value is -0.480. The maximum Gasteiger partial charge on any atom is 0.195 e. The molecule has 3 nitrogen and oxygen atoms in total. The fourth-order valence-electron chi connectivity index (χ4n) is 1.14. The Bertz CT molecular complexity index is 189. The van der Waals surface area contributed by atoms with Crippen LogP contribution in [0.15, 0.2) is 4.99 Å². The normalized spacial score (nSPS) is 16.6. The van der Waals surface area contributed by atoms with E-state index in [4.69, 9.17) is 12.2 Å². The van der Waals surface area contributed by atoms with Gasteiger partial charge in [0, 0.05) is 12.8 Å². The second-order valence-electron chi connectivity index (χ2n) is 3.20.